The first-order chi connectivity index (χ1) is 9.31. The van der Waals surface area contributed by atoms with Gasteiger partial charge >= 0.3 is 5.97 Å². The molecule has 0 N–H and O–H groups in total. The van der Waals surface area contributed by atoms with Crippen LogP contribution in [0.25, 0.3) is 6.08 Å². The van der Waals surface area contributed by atoms with Gasteiger partial charge in [0.15, 0.2) is 5.70 Å². The Morgan fingerprint density at radius 2 is 2.00 bits per heavy atom. The molecule has 1 aliphatic heterocycles. The highest BCUT2D eigenvalue weighted by Gasteiger charge is 2.22. The van der Waals surface area contributed by atoms with Crippen LogP contribution in [0.15, 0.2) is 58.5 Å². The number of esters is 1. The first-order valence-electron chi connectivity index (χ1n) is 5.90. The van der Waals surface area contributed by atoms with Gasteiger partial charge in [-0.05, 0) is 23.1 Å². The van der Waals surface area contributed by atoms with E-state index in [0.29, 0.717) is 18.0 Å². The monoisotopic (exact) mass is 269 g/mol. The van der Waals surface area contributed by atoms with Crippen LogP contribution in [0, 0.1) is 0 Å². The highest BCUT2D eigenvalue weighted by atomic mass is 32.1. The summed E-state index contributed by atoms with van der Waals surface area (Å²) in [6.45, 7) is 0. The molecule has 0 amide bonds. The quantitative estimate of drug-likeness (QED) is 0.633. The standard InChI is InChI=1S/C15H11NO2S/c17-15-13(10-12-7-4-8-19-12)16-14(18-15)9-11-5-2-1-3-6-11/h1-8,10H,9H2/b13-10+. The van der Waals surface area contributed by atoms with Gasteiger partial charge in [0.2, 0.25) is 5.90 Å². The minimum Gasteiger partial charge on any atom is -0.406 e. The average Bonchev–Trinajstić information content (AvgIpc) is 3.02. The van der Waals surface area contributed by atoms with Crippen LogP contribution < -0.4 is 0 Å². The summed E-state index contributed by atoms with van der Waals surface area (Å²) >= 11 is 1.56. The molecule has 2 aromatic rings. The molecule has 94 valence electrons. The van der Waals surface area contributed by atoms with Gasteiger partial charge < -0.3 is 4.74 Å². The molecular weight excluding hydrogens is 258 g/mol. The van der Waals surface area contributed by atoms with Gasteiger partial charge in [0.25, 0.3) is 0 Å². The van der Waals surface area contributed by atoms with E-state index in [-0.39, 0.29) is 5.97 Å². The molecule has 1 aliphatic rings. The van der Waals surface area contributed by atoms with Crippen molar-refractivity contribution in [2.45, 2.75) is 6.42 Å². The normalized spacial score (nSPS) is 16.5. The molecule has 2 heterocycles. The average molecular weight is 269 g/mol. The zero-order chi connectivity index (χ0) is 13.1. The van der Waals surface area contributed by atoms with Gasteiger partial charge in [0.1, 0.15) is 0 Å². The summed E-state index contributed by atoms with van der Waals surface area (Å²) < 4.78 is 5.17. The number of carbonyl (C=O) groups is 1. The number of rotatable bonds is 3. The van der Waals surface area contributed by atoms with E-state index in [1.165, 1.54) is 0 Å². The Morgan fingerprint density at radius 3 is 2.74 bits per heavy atom. The number of benzene rings is 1. The van der Waals surface area contributed by atoms with Gasteiger partial charge in [-0.3, -0.25) is 0 Å². The number of aliphatic imine (C=N–C) groups is 1. The Morgan fingerprint density at radius 1 is 1.16 bits per heavy atom. The summed E-state index contributed by atoms with van der Waals surface area (Å²) in [7, 11) is 0. The van der Waals surface area contributed by atoms with Crippen LogP contribution in [-0.2, 0) is 16.0 Å². The number of nitrogens with zero attached hydrogens (tertiary/aromatic N) is 1. The number of cyclic esters (lactones) is 1. The van der Waals surface area contributed by atoms with Crippen LogP contribution in [0.3, 0.4) is 0 Å². The highest BCUT2D eigenvalue weighted by Crippen LogP contribution is 2.19. The van der Waals surface area contributed by atoms with Crippen molar-refractivity contribution < 1.29 is 9.53 Å². The summed E-state index contributed by atoms with van der Waals surface area (Å²) in [5, 5.41) is 1.96. The molecule has 1 aromatic carbocycles. The SMILES string of the molecule is O=C1OC(Cc2ccccc2)=N/C1=C/c1cccs1. The first-order valence-corrected chi connectivity index (χ1v) is 6.78. The molecule has 0 spiro atoms. The molecule has 0 radical (unpaired) electrons. The third-order valence-electron chi connectivity index (χ3n) is 2.69. The second-order valence-corrected chi connectivity index (χ2v) is 5.08. The van der Waals surface area contributed by atoms with Crippen LogP contribution in [0.2, 0.25) is 0 Å². The minimum atomic E-state index is -0.376. The van der Waals surface area contributed by atoms with Gasteiger partial charge in [-0.15, -0.1) is 11.3 Å². The highest BCUT2D eigenvalue weighted by molar-refractivity contribution is 7.10. The molecular formula is C15H11NO2S. The number of ether oxygens (including phenoxy) is 1. The summed E-state index contributed by atoms with van der Waals surface area (Å²) in [5.41, 5.74) is 1.44. The van der Waals surface area contributed by atoms with Crippen molar-refractivity contribution >= 4 is 29.3 Å². The minimum absolute atomic E-state index is 0.369. The number of hydrogen-bond acceptors (Lipinski definition) is 4. The van der Waals surface area contributed by atoms with E-state index in [2.05, 4.69) is 4.99 Å². The van der Waals surface area contributed by atoms with E-state index < -0.39 is 0 Å². The lowest BCUT2D eigenvalue weighted by Gasteiger charge is -1.98. The maximum atomic E-state index is 11.7. The molecule has 0 atom stereocenters. The van der Waals surface area contributed by atoms with Gasteiger partial charge in [-0.25, -0.2) is 9.79 Å². The Labute approximate surface area is 114 Å². The molecule has 3 rings (SSSR count). The zero-order valence-electron chi connectivity index (χ0n) is 10.1. The predicted molar refractivity (Wildman–Crippen MR) is 76.0 cm³/mol. The van der Waals surface area contributed by atoms with E-state index in [1.54, 1.807) is 17.4 Å². The fraction of sp³-hybridized carbons (Fsp3) is 0.0667. The van der Waals surface area contributed by atoms with Crippen LogP contribution in [-0.4, -0.2) is 11.9 Å². The summed E-state index contributed by atoms with van der Waals surface area (Å²) in [4.78, 5) is 16.9. The van der Waals surface area contributed by atoms with E-state index in [0.717, 1.165) is 10.4 Å². The second kappa shape index (κ2) is 5.20. The van der Waals surface area contributed by atoms with Crippen molar-refractivity contribution in [1.29, 1.82) is 0 Å². The molecule has 0 saturated carbocycles. The van der Waals surface area contributed by atoms with Crippen molar-refractivity contribution in [1.82, 2.24) is 0 Å². The lowest BCUT2D eigenvalue weighted by atomic mass is 10.1. The molecule has 0 bridgehead atoms. The summed E-state index contributed by atoms with van der Waals surface area (Å²) in [6.07, 6.45) is 2.29. The molecule has 3 nitrogen and oxygen atoms in total. The Hall–Kier alpha value is -2.20. The second-order valence-electron chi connectivity index (χ2n) is 4.10. The van der Waals surface area contributed by atoms with Crippen LogP contribution in [0.1, 0.15) is 10.4 Å². The smallest absolute Gasteiger partial charge is 0.363 e. The van der Waals surface area contributed by atoms with Crippen molar-refractivity contribution in [2.75, 3.05) is 0 Å². The van der Waals surface area contributed by atoms with Crippen LogP contribution >= 0.6 is 11.3 Å². The van der Waals surface area contributed by atoms with Crippen LogP contribution in [0.5, 0.6) is 0 Å². The molecule has 1 aromatic heterocycles. The maximum Gasteiger partial charge on any atom is 0.363 e. The van der Waals surface area contributed by atoms with E-state index in [4.69, 9.17) is 4.74 Å². The molecule has 19 heavy (non-hydrogen) atoms. The number of thiophene rings is 1. The van der Waals surface area contributed by atoms with Crippen molar-refractivity contribution in [3.05, 3.63) is 64.0 Å². The fourth-order valence-electron chi connectivity index (χ4n) is 1.81. The van der Waals surface area contributed by atoms with Crippen molar-refractivity contribution in [3.63, 3.8) is 0 Å². The largest absolute Gasteiger partial charge is 0.406 e. The van der Waals surface area contributed by atoms with Crippen molar-refractivity contribution in [2.24, 2.45) is 4.99 Å². The molecule has 0 unspecified atom stereocenters. The Balaban J connectivity index is 1.80. The van der Waals surface area contributed by atoms with Gasteiger partial charge in [0.05, 0.1) is 0 Å². The maximum absolute atomic E-state index is 11.7. The Bertz CT molecular complexity index is 642. The zero-order valence-corrected chi connectivity index (χ0v) is 10.9. The fourth-order valence-corrected chi connectivity index (χ4v) is 2.46. The number of hydrogen-bond donors (Lipinski definition) is 0. The molecule has 4 heteroatoms. The van der Waals surface area contributed by atoms with Crippen LogP contribution in [0.4, 0.5) is 0 Å². The third-order valence-corrected chi connectivity index (χ3v) is 3.50. The summed E-state index contributed by atoms with van der Waals surface area (Å²) in [6, 6.07) is 13.7. The molecule has 0 fully saturated rings. The molecule has 0 aliphatic carbocycles. The summed E-state index contributed by atoms with van der Waals surface area (Å²) in [5.74, 6) is 0.0818. The lowest BCUT2D eigenvalue weighted by Crippen LogP contribution is -2.06. The first kappa shape index (κ1) is 11.9. The van der Waals surface area contributed by atoms with E-state index in [1.807, 2.05) is 47.8 Å². The predicted octanol–water partition coefficient (Wildman–Crippen LogP) is 3.29. The topological polar surface area (TPSA) is 38.7 Å². The van der Waals surface area contributed by atoms with Gasteiger partial charge in [0, 0.05) is 11.3 Å². The molecule has 0 saturated heterocycles. The number of carbonyl (C=O) groups excluding carboxylic acids is 1. The third kappa shape index (κ3) is 2.80. The van der Waals surface area contributed by atoms with Crippen molar-refractivity contribution in [3.8, 4) is 0 Å². The van der Waals surface area contributed by atoms with Gasteiger partial charge in [-0.1, -0.05) is 36.4 Å². The lowest BCUT2D eigenvalue weighted by molar-refractivity contribution is -0.130. The van der Waals surface area contributed by atoms with E-state index in [9.17, 15) is 4.79 Å². The van der Waals surface area contributed by atoms with E-state index >= 15 is 0 Å². The Kier molecular flexibility index (Phi) is 3.25. The van der Waals surface area contributed by atoms with Gasteiger partial charge in [-0.2, -0.15) is 0 Å².